The Morgan fingerprint density at radius 1 is 1.12 bits per heavy atom. The van der Waals surface area contributed by atoms with E-state index in [1.165, 1.54) is 0 Å². The van der Waals surface area contributed by atoms with Crippen LogP contribution in [0, 0.1) is 0 Å². The smallest absolute Gasteiger partial charge is 0.262 e. The predicted octanol–water partition coefficient (Wildman–Crippen LogP) is 1.58. The van der Waals surface area contributed by atoms with Gasteiger partial charge < -0.3 is 9.88 Å². The molecule has 0 bridgehead atoms. The van der Waals surface area contributed by atoms with Crippen molar-refractivity contribution in [2.24, 2.45) is 0 Å². The minimum absolute atomic E-state index is 0.198. The lowest BCUT2D eigenvalue weighted by molar-refractivity contribution is -0.135. The highest BCUT2D eigenvalue weighted by atomic mass is 16.2. The van der Waals surface area contributed by atoms with E-state index in [2.05, 4.69) is 4.98 Å². The van der Waals surface area contributed by atoms with E-state index >= 15 is 0 Å². The van der Waals surface area contributed by atoms with Crippen LogP contribution >= 0.6 is 0 Å². The average Bonchev–Trinajstić information content (AvgIpc) is 3.17. The topological polar surface area (TPSA) is 73.5 Å². The van der Waals surface area contributed by atoms with Gasteiger partial charge in [-0.15, -0.1) is 0 Å². The Morgan fingerprint density at radius 3 is 2.46 bits per heavy atom. The SMILES string of the molecule is CC(C(=O)N1CCc2[nH]ccc2C1)N1C(=O)c2ccccc2C1=O. The molecular formula is C18H17N3O3. The lowest BCUT2D eigenvalue weighted by atomic mass is 10.1. The van der Waals surface area contributed by atoms with Gasteiger partial charge in [0.2, 0.25) is 5.91 Å². The first-order valence-corrected chi connectivity index (χ1v) is 7.99. The molecule has 1 aromatic heterocycles. The number of carbonyl (C=O) groups excluding carboxylic acids is 3. The number of aromatic amines is 1. The van der Waals surface area contributed by atoms with Crippen LogP contribution in [0.4, 0.5) is 0 Å². The Hall–Kier alpha value is -2.89. The normalized spacial score (nSPS) is 17.7. The summed E-state index contributed by atoms with van der Waals surface area (Å²) in [6.07, 6.45) is 2.62. The van der Waals surface area contributed by atoms with Gasteiger partial charge >= 0.3 is 0 Å². The van der Waals surface area contributed by atoms with Crippen molar-refractivity contribution in [1.29, 1.82) is 0 Å². The summed E-state index contributed by atoms with van der Waals surface area (Å²) in [6, 6.07) is 7.84. The zero-order valence-electron chi connectivity index (χ0n) is 13.3. The summed E-state index contributed by atoms with van der Waals surface area (Å²) in [4.78, 5) is 43.8. The van der Waals surface area contributed by atoms with Crippen molar-refractivity contribution < 1.29 is 14.4 Å². The molecule has 2 aliphatic heterocycles. The molecule has 0 aliphatic carbocycles. The fourth-order valence-corrected chi connectivity index (χ4v) is 3.47. The number of hydrogen-bond donors (Lipinski definition) is 1. The number of imide groups is 1. The highest BCUT2D eigenvalue weighted by molar-refractivity contribution is 6.22. The Morgan fingerprint density at radius 2 is 1.79 bits per heavy atom. The molecule has 1 N–H and O–H groups in total. The van der Waals surface area contributed by atoms with E-state index in [9.17, 15) is 14.4 Å². The molecule has 0 saturated carbocycles. The van der Waals surface area contributed by atoms with Crippen molar-refractivity contribution in [3.8, 4) is 0 Å². The first-order valence-electron chi connectivity index (χ1n) is 7.99. The number of H-pyrrole nitrogens is 1. The van der Waals surface area contributed by atoms with Gasteiger partial charge in [0, 0.05) is 31.4 Å². The lowest BCUT2D eigenvalue weighted by Gasteiger charge is -2.32. The van der Waals surface area contributed by atoms with Crippen molar-refractivity contribution in [3.63, 3.8) is 0 Å². The van der Waals surface area contributed by atoms with Crippen molar-refractivity contribution in [2.45, 2.75) is 25.9 Å². The molecule has 3 heterocycles. The summed E-state index contributed by atoms with van der Waals surface area (Å²) in [6.45, 7) is 2.71. The number of aromatic nitrogens is 1. The maximum absolute atomic E-state index is 12.8. The largest absolute Gasteiger partial charge is 0.365 e. The van der Waals surface area contributed by atoms with E-state index in [1.807, 2.05) is 12.3 Å². The number of amides is 3. The molecule has 2 aromatic rings. The van der Waals surface area contributed by atoms with Gasteiger partial charge in [-0.2, -0.15) is 0 Å². The molecule has 1 aromatic carbocycles. The number of rotatable bonds is 2. The van der Waals surface area contributed by atoms with Gasteiger partial charge in [-0.3, -0.25) is 19.3 Å². The molecule has 2 aliphatic rings. The van der Waals surface area contributed by atoms with Crippen LogP contribution in [0.5, 0.6) is 0 Å². The number of fused-ring (bicyclic) bond motifs is 2. The van der Waals surface area contributed by atoms with Gasteiger partial charge in [0.25, 0.3) is 11.8 Å². The van der Waals surface area contributed by atoms with E-state index in [0.717, 1.165) is 22.6 Å². The second-order valence-corrected chi connectivity index (χ2v) is 6.19. The first-order chi connectivity index (χ1) is 11.6. The second-order valence-electron chi connectivity index (χ2n) is 6.19. The highest BCUT2D eigenvalue weighted by Gasteiger charge is 2.42. The monoisotopic (exact) mass is 323 g/mol. The Bertz CT molecular complexity index is 820. The third-order valence-corrected chi connectivity index (χ3v) is 4.80. The summed E-state index contributed by atoms with van der Waals surface area (Å²) >= 11 is 0. The van der Waals surface area contributed by atoms with Crippen LogP contribution in [0.15, 0.2) is 36.5 Å². The van der Waals surface area contributed by atoms with Crippen LogP contribution < -0.4 is 0 Å². The first kappa shape index (κ1) is 14.7. The molecule has 0 spiro atoms. The molecule has 3 amide bonds. The standard InChI is InChI=1S/C18H17N3O3/c1-11(16(22)20-9-7-15-12(10-20)6-8-19-15)21-17(23)13-4-2-3-5-14(13)18(21)24/h2-6,8,11,19H,7,9-10H2,1H3. The van der Waals surface area contributed by atoms with Gasteiger partial charge in [0.15, 0.2) is 0 Å². The number of nitrogens with zero attached hydrogens (tertiary/aromatic N) is 2. The van der Waals surface area contributed by atoms with E-state index in [4.69, 9.17) is 0 Å². The molecule has 122 valence electrons. The second kappa shape index (κ2) is 5.33. The fourth-order valence-electron chi connectivity index (χ4n) is 3.47. The zero-order valence-corrected chi connectivity index (χ0v) is 13.3. The van der Waals surface area contributed by atoms with Crippen molar-refractivity contribution in [2.75, 3.05) is 6.54 Å². The summed E-state index contributed by atoms with van der Waals surface area (Å²) in [7, 11) is 0. The quantitative estimate of drug-likeness (QED) is 0.853. The van der Waals surface area contributed by atoms with Crippen LogP contribution in [0.25, 0.3) is 0 Å². The van der Waals surface area contributed by atoms with Gasteiger partial charge in [-0.1, -0.05) is 12.1 Å². The van der Waals surface area contributed by atoms with Crippen molar-refractivity contribution in [1.82, 2.24) is 14.8 Å². The Balaban J connectivity index is 1.56. The molecule has 6 nitrogen and oxygen atoms in total. The molecule has 1 unspecified atom stereocenters. The summed E-state index contributed by atoms with van der Waals surface area (Å²) in [5.74, 6) is -0.983. The van der Waals surface area contributed by atoms with Gasteiger partial charge in [0.05, 0.1) is 11.1 Å². The minimum atomic E-state index is -0.808. The van der Waals surface area contributed by atoms with Crippen LogP contribution in [0.2, 0.25) is 0 Å². The third-order valence-electron chi connectivity index (χ3n) is 4.80. The van der Waals surface area contributed by atoms with Gasteiger partial charge in [-0.05, 0) is 30.7 Å². The van der Waals surface area contributed by atoms with Crippen LogP contribution in [-0.4, -0.2) is 45.1 Å². The number of benzene rings is 1. The molecule has 24 heavy (non-hydrogen) atoms. The predicted molar refractivity (Wildman–Crippen MR) is 86.3 cm³/mol. The molecular weight excluding hydrogens is 306 g/mol. The molecule has 6 heteroatoms. The number of hydrogen-bond acceptors (Lipinski definition) is 3. The van der Waals surface area contributed by atoms with Gasteiger partial charge in [0.1, 0.15) is 6.04 Å². The Kier molecular flexibility index (Phi) is 3.26. The third kappa shape index (κ3) is 2.06. The van der Waals surface area contributed by atoms with Crippen LogP contribution in [0.3, 0.4) is 0 Å². The fraction of sp³-hybridized carbons (Fsp3) is 0.278. The Labute approximate surface area is 139 Å². The molecule has 0 fully saturated rings. The van der Waals surface area contributed by atoms with Crippen LogP contribution in [0.1, 0.15) is 38.9 Å². The molecule has 0 radical (unpaired) electrons. The summed E-state index contributed by atoms with van der Waals surface area (Å²) in [5, 5.41) is 0. The highest BCUT2D eigenvalue weighted by Crippen LogP contribution is 2.26. The molecule has 4 rings (SSSR count). The lowest BCUT2D eigenvalue weighted by Crippen LogP contribution is -2.50. The van der Waals surface area contributed by atoms with Crippen LogP contribution in [-0.2, 0) is 17.8 Å². The maximum atomic E-state index is 12.8. The molecule has 0 saturated heterocycles. The number of carbonyl (C=O) groups is 3. The van der Waals surface area contributed by atoms with E-state index < -0.39 is 17.9 Å². The maximum Gasteiger partial charge on any atom is 0.262 e. The van der Waals surface area contributed by atoms with E-state index in [1.54, 1.807) is 36.1 Å². The number of nitrogens with one attached hydrogen (secondary N) is 1. The zero-order chi connectivity index (χ0) is 16.8. The average molecular weight is 323 g/mol. The summed E-state index contributed by atoms with van der Waals surface area (Å²) in [5.41, 5.74) is 2.97. The van der Waals surface area contributed by atoms with E-state index in [0.29, 0.717) is 24.2 Å². The molecule has 1 atom stereocenters. The summed E-state index contributed by atoms with van der Waals surface area (Å²) < 4.78 is 0. The minimum Gasteiger partial charge on any atom is -0.365 e. The van der Waals surface area contributed by atoms with Crippen molar-refractivity contribution in [3.05, 3.63) is 58.9 Å². The van der Waals surface area contributed by atoms with Gasteiger partial charge in [-0.25, -0.2) is 0 Å². The van der Waals surface area contributed by atoms with Crippen molar-refractivity contribution >= 4 is 17.7 Å². The van der Waals surface area contributed by atoms with E-state index in [-0.39, 0.29) is 5.91 Å².